The van der Waals surface area contributed by atoms with Crippen LogP contribution in [0, 0.1) is 46.3 Å². The van der Waals surface area contributed by atoms with Crippen LogP contribution in [0.2, 0.25) is 0 Å². The minimum Gasteiger partial charge on any atom is -0.394 e. The second-order valence-corrected chi connectivity index (χ2v) is 24.1. The maximum Gasteiger partial charge on any atom is 0.187 e. The van der Waals surface area contributed by atoms with Crippen LogP contribution in [-0.2, 0) is 47.4 Å². The summed E-state index contributed by atoms with van der Waals surface area (Å²) in [5.74, 6) is 1.20. The second kappa shape index (κ2) is 26.9. The van der Waals surface area contributed by atoms with Gasteiger partial charge in [0.25, 0.3) is 0 Å². The molecule has 454 valence electrons. The highest BCUT2D eigenvalue weighted by Gasteiger charge is 2.67. The molecule has 25 heteroatoms. The van der Waals surface area contributed by atoms with Crippen molar-refractivity contribution in [2.24, 2.45) is 46.3 Å². The third-order valence-electron chi connectivity index (χ3n) is 19.8. The minimum absolute atomic E-state index is 0.0640. The highest BCUT2D eigenvalue weighted by atomic mass is 16.8. The van der Waals surface area contributed by atoms with Crippen LogP contribution in [0.4, 0.5) is 0 Å². The van der Waals surface area contributed by atoms with Gasteiger partial charge in [-0.15, -0.1) is 0 Å². The van der Waals surface area contributed by atoms with Gasteiger partial charge < -0.3 is 124 Å². The second-order valence-electron chi connectivity index (χ2n) is 24.1. The van der Waals surface area contributed by atoms with Crippen molar-refractivity contribution in [3.05, 3.63) is 0 Å². The average Bonchev–Trinajstić information content (AvgIpc) is 3.80. The number of ether oxygens (including phenoxy) is 10. The first kappa shape index (κ1) is 63.0. The first-order valence-corrected chi connectivity index (χ1v) is 28.5. The normalized spacial score (nSPS) is 51.1. The molecule has 8 rings (SSSR count). The molecule has 4 saturated heterocycles. The first-order valence-electron chi connectivity index (χ1n) is 28.5. The molecule has 0 bridgehead atoms. The van der Waals surface area contributed by atoms with Gasteiger partial charge >= 0.3 is 0 Å². The van der Waals surface area contributed by atoms with Gasteiger partial charge in [-0.05, 0) is 85.9 Å². The summed E-state index contributed by atoms with van der Waals surface area (Å²) in [7, 11) is 0. The Morgan fingerprint density at radius 3 is 1.47 bits per heavy atom. The standard InChI is InChI=1S/C53H92O25/c1-5-6-7-23(2)26-8-9-27-35-28(18-34(53(26,27)4)70-13-15-72-49-45(68)41(64)47(33(22-57)76-49)78-51-43(66)39(62)37(60)31(20-55)74-51)52(3)11-10-25(58)16-24(52)17-29(35)69-12-14-71-48-44(67)40(63)46(32(21-56)75-48)77-50-42(65)38(61)36(59)30(19-54)73-50/h23-51,54-68H,5-22H2,1-4H3/t23-,24+,25-,26-,27+,28+,29-,30?,31?,32?,33?,34+,35+,36-,37-,38?,39+,40?,41?,42+,43?,44+,45?,46-,47-,48-,49-,50-,51-,52+,53-/m1/s1. The van der Waals surface area contributed by atoms with Gasteiger partial charge in [0.15, 0.2) is 25.2 Å². The zero-order valence-electron chi connectivity index (χ0n) is 45.3. The molecule has 4 heterocycles. The van der Waals surface area contributed by atoms with Crippen molar-refractivity contribution in [3.8, 4) is 0 Å². The van der Waals surface area contributed by atoms with E-state index >= 15 is 0 Å². The largest absolute Gasteiger partial charge is 0.394 e. The summed E-state index contributed by atoms with van der Waals surface area (Å²) in [6.45, 7) is 6.39. The molecule has 0 radical (unpaired) electrons. The summed E-state index contributed by atoms with van der Waals surface area (Å²) in [6.07, 6.45) is -24.0. The van der Waals surface area contributed by atoms with Crippen molar-refractivity contribution in [3.63, 3.8) is 0 Å². The van der Waals surface area contributed by atoms with Crippen LogP contribution in [0.5, 0.6) is 0 Å². The highest BCUT2D eigenvalue weighted by molar-refractivity contribution is 5.15. The van der Waals surface area contributed by atoms with E-state index < -0.39 is 155 Å². The van der Waals surface area contributed by atoms with Crippen LogP contribution in [0.3, 0.4) is 0 Å². The number of aliphatic hydroxyl groups excluding tert-OH is 15. The zero-order valence-corrected chi connectivity index (χ0v) is 45.3. The van der Waals surface area contributed by atoms with Gasteiger partial charge in [0.2, 0.25) is 0 Å². The molecule has 0 spiro atoms. The molecule has 78 heavy (non-hydrogen) atoms. The lowest BCUT2D eigenvalue weighted by molar-refractivity contribution is -0.360. The summed E-state index contributed by atoms with van der Waals surface area (Å²) in [6, 6.07) is 0. The van der Waals surface area contributed by atoms with E-state index in [0.717, 1.165) is 38.5 Å². The molecule has 4 saturated carbocycles. The highest BCUT2D eigenvalue weighted by Crippen LogP contribution is 2.69. The van der Waals surface area contributed by atoms with Crippen LogP contribution in [0.1, 0.15) is 91.9 Å². The van der Waals surface area contributed by atoms with Crippen molar-refractivity contribution in [1.82, 2.24) is 0 Å². The van der Waals surface area contributed by atoms with Crippen LogP contribution in [-0.4, -0.2) is 271 Å². The van der Waals surface area contributed by atoms with Crippen LogP contribution in [0.25, 0.3) is 0 Å². The van der Waals surface area contributed by atoms with Gasteiger partial charge in [-0.25, -0.2) is 0 Å². The summed E-state index contributed by atoms with van der Waals surface area (Å²) in [4.78, 5) is 0. The summed E-state index contributed by atoms with van der Waals surface area (Å²) < 4.78 is 60.0. The zero-order chi connectivity index (χ0) is 56.5. The fourth-order valence-corrected chi connectivity index (χ4v) is 15.3. The predicted octanol–water partition coefficient (Wildman–Crippen LogP) is -3.90. The maximum absolute atomic E-state index is 11.3. The van der Waals surface area contributed by atoms with Crippen molar-refractivity contribution in [2.45, 2.75) is 233 Å². The molecule has 8 fully saturated rings. The van der Waals surface area contributed by atoms with Gasteiger partial charge in [0, 0.05) is 5.41 Å². The lowest BCUT2D eigenvalue weighted by atomic mass is 9.43. The summed E-state index contributed by atoms with van der Waals surface area (Å²) in [5, 5.41) is 158. The van der Waals surface area contributed by atoms with Crippen LogP contribution < -0.4 is 0 Å². The van der Waals surface area contributed by atoms with Gasteiger partial charge in [0.1, 0.15) is 97.7 Å². The van der Waals surface area contributed by atoms with Gasteiger partial charge in [0.05, 0.1) is 71.2 Å². The van der Waals surface area contributed by atoms with Crippen molar-refractivity contribution in [2.75, 3.05) is 52.9 Å². The topological polar surface area (TPSA) is 396 Å². The Kier molecular flexibility index (Phi) is 21.8. The van der Waals surface area contributed by atoms with Gasteiger partial charge in [-0.1, -0.05) is 47.0 Å². The fraction of sp³-hybridized carbons (Fsp3) is 1.00. The van der Waals surface area contributed by atoms with E-state index in [1.807, 2.05) is 0 Å². The molecular weight excluding hydrogens is 1040 g/mol. The van der Waals surface area contributed by atoms with E-state index in [-0.39, 0.29) is 73.1 Å². The number of aliphatic hydroxyl groups is 15. The Morgan fingerprint density at radius 1 is 0.500 bits per heavy atom. The smallest absolute Gasteiger partial charge is 0.187 e. The molecule has 0 aromatic rings. The first-order chi connectivity index (χ1) is 37.2. The van der Waals surface area contributed by atoms with Crippen LogP contribution >= 0.6 is 0 Å². The molecular formula is C53H92O25. The molecule has 31 atom stereocenters. The Hall–Kier alpha value is -1.00. The van der Waals surface area contributed by atoms with E-state index in [2.05, 4.69) is 27.7 Å². The molecule has 4 aliphatic heterocycles. The number of hydrogen-bond donors (Lipinski definition) is 15. The maximum atomic E-state index is 11.3. The van der Waals surface area contributed by atoms with Crippen molar-refractivity contribution >= 4 is 0 Å². The third-order valence-corrected chi connectivity index (χ3v) is 19.8. The van der Waals surface area contributed by atoms with Gasteiger partial charge in [-0.2, -0.15) is 0 Å². The van der Waals surface area contributed by atoms with Gasteiger partial charge in [-0.3, -0.25) is 0 Å². The number of rotatable bonds is 22. The number of fused-ring (bicyclic) bond motifs is 5. The molecule has 8 aliphatic rings. The lowest BCUT2D eigenvalue weighted by Gasteiger charge is -2.64. The quantitative estimate of drug-likeness (QED) is 0.0461. The van der Waals surface area contributed by atoms with E-state index in [4.69, 9.17) is 47.4 Å². The fourth-order valence-electron chi connectivity index (χ4n) is 15.3. The molecule has 15 N–H and O–H groups in total. The summed E-state index contributed by atoms with van der Waals surface area (Å²) in [5.41, 5.74) is -0.472. The van der Waals surface area contributed by atoms with E-state index in [0.29, 0.717) is 37.5 Å². The Labute approximate surface area is 455 Å². The molecule has 25 nitrogen and oxygen atoms in total. The molecule has 0 aromatic heterocycles. The minimum atomic E-state index is -1.80. The van der Waals surface area contributed by atoms with Crippen molar-refractivity contribution < 1.29 is 124 Å². The predicted molar refractivity (Wildman–Crippen MR) is 265 cm³/mol. The monoisotopic (exact) mass is 1130 g/mol. The SMILES string of the molecule is CCCC[C@@H](C)[C@H]1CC[C@H]2[C@@H]3[C@H](OCCO[C@@H]4OC(CO)[C@@H](O[C@H]5OC(CO)[C@@H](O)C(O)[C@@H]5O)C(O)[C@@H]4O)C[C@@H]4C[C@H](O)CC[C@]4(C)[C@H]3C[C@H](OCCO[C@@H]3OC(CO)[C@@H](O[C@H]4OC(CO)[C@@H](O)[C@H](O)C4O)C(O)C3O)[C@]12C. The molecule has 0 aromatic carbocycles. The number of hydrogen-bond acceptors (Lipinski definition) is 25. The lowest BCUT2D eigenvalue weighted by Crippen LogP contribution is -2.64. The Bertz CT molecular complexity index is 1840. The molecule has 9 unspecified atom stereocenters. The average molecular weight is 1130 g/mol. The van der Waals surface area contributed by atoms with E-state index in [1.54, 1.807) is 0 Å². The van der Waals surface area contributed by atoms with E-state index in [1.165, 1.54) is 0 Å². The molecule has 0 amide bonds. The Balaban J connectivity index is 0.931. The van der Waals surface area contributed by atoms with Crippen molar-refractivity contribution in [1.29, 1.82) is 0 Å². The van der Waals surface area contributed by atoms with Crippen LogP contribution in [0.15, 0.2) is 0 Å². The summed E-state index contributed by atoms with van der Waals surface area (Å²) >= 11 is 0. The Morgan fingerprint density at radius 2 is 0.974 bits per heavy atom. The van der Waals surface area contributed by atoms with E-state index in [9.17, 15) is 76.6 Å². The third kappa shape index (κ3) is 12.4. The molecule has 4 aliphatic carbocycles. The number of unbranched alkanes of at least 4 members (excludes halogenated alkanes) is 1.